The summed E-state index contributed by atoms with van der Waals surface area (Å²) in [6, 6.07) is 68.7. The lowest BCUT2D eigenvalue weighted by atomic mass is 9.82. The molecule has 1 aliphatic rings. The van der Waals surface area contributed by atoms with Gasteiger partial charge in [-0.25, -0.2) is 0 Å². The number of allylic oxidation sites excluding steroid dienone is 4. The minimum atomic E-state index is -0.103. The number of aromatic nitrogens is 1. The number of anilines is 3. The Morgan fingerprint density at radius 3 is 1.84 bits per heavy atom. The van der Waals surface area contributed by atoms with Crippen LogP contribution in [0.5, 0.6) is 0 Å². The van der Waals surface area contributed by atoms with Gasteiger partial charge in [0.2, 0.25) is 0 Å². The molecule has 1 aliphatic carbocycles. The van der Waals surface area contributed by atoms with Crippen molar-refractivity contribution in [3.8, 4) is 39.1 Å². The molecule has 0 saturated heterocycles. The molecule has 0 fully saturated rings. The zero-order valence-electron chi connectivity index (χ0n) is 34.0. The molecule has 61 heavy (non-hydrogen) atoms. The SMILES string of the molecule is C=C(/C(Br)=C\C=C\Br)c1ccc(-n2c3ccccc3c3cc(-c4ccc(N(c5ccc(-c6ccccc6)cc5)c5ccc6c(c5)C(C)(C)c5ccccc5-6)cc4)ccc32)cc1. The molecule has 0 atom stereocenters. The number of fused-ring (bicyclic) bond motifs is 6. The van der Waals surface area contributed by atoms with Crippen LogP contribution >= 0.6 is 31.9 Å². The summed E-state index contributed by atoms with van der Waals surface area (Å²) in [4.78, 5) is 4.22. The highest BCUT2D eigenvalue weighted by Gasteiger charge is 2.35. The zero-order valence-corrected chi connectivity index (χ0v) is 37.2. The largest absolute Gasteiger partial charge is 0.310 e. The van der Waals surface area contributed by atoms with Crippen LogP contribution in [0.1, 0.15) is 30.5 Å². The Bertz CT molecular complexity index is 3170. The first-order valence-corrected chi connectivity index (χ1v) is 22.3. The lowest BCUT2D eigenvalue weighted by Crippen LogP contribution is -2.16. The third-order valence-electron chi connectivity index (χ3n) is 12.3. The van der Waals surface area contributed by atoms with Gasteiger partial charge in [-0.1, -0.05) is 180 Å². The molecule has 0 saturated carbocycles. The van der Waals surface area contributed by atoms with Gasteiger partial charge in [0, 0.05) is 43.4 Å². The number of para-hydroxylation sites is 1. The van der Waals surface area contributed by atoms with Crippen molar-refractivity contribution in [2.24, 2.45) is 0 Å². The predicted octanol–water partition coefficient (Wildman–Crippen LogP) is 17.1. The van der Waals surface area contributed by atoms with Crippen LogP contribution in [0, 0.1) is 0 Å². The summed E-state index contributed by atoms with van der Waals surface area (Å²) < 4.78 is 3.30. The predicted molar refractivity (Wildman–Crippen MR) is 268 cm³/mol. The smallest absolute Gasteiger partial charge is 0.0541 e. The van der Waals surface area contributed by atoms with Crippen molar-refractivity contribution in [1.29, 1.82) is 0 Å². The van der Waals surface area contributed by atoms with Crippen molar-refractivity contribution >= 4 is 76.3 Å². The number of benzene rings is 8. The van der Waals surface area contributed by atoms with Gasteiger partial charge in [0.1, 0.15) is 0 Å². The number of nitrogens with zero attached hydrogens (tertiary/aromatic N) is 2. The minimum absolute atomic E-state index is 0.103. The number of hydrogen-bond donors (Lipinski definition) is 0. The van der Waals surface area contributed by atoms with Crippen LogP contribution in [-0.2, 0) is 5.41 Å². The van der Waals surface area contributed by atoms with Crippen LogP contribution in [0.3, 0.4) is 0 Å². The van der Waals surface area contributed by atoms with Crippen LogP contribution in [0.4, 0.5) is 17.1 Å². The van der Waals surface area contributed by atoms with Crippen molar-refractivity contribution < 1.29 is 0 Å². The fourth-order valence-corrected chi connectivity index (χ4v) is 9.65. The summed E-state index contributed by atoms with van der Waals surface area (Å²) in [6.07, 6.45) is 3.91. The molecule has 0 bridgehead atoms. The second-order valence-corrected chi connectivity index (χ2v) is 17.5. The molecule has 0 N–H and O–H groups in total. The summed E-state index contributed by atoms with van der Waals surface area (Å²) >= 11 is 7.01. The van der Waals surface area contributed by atoms with Crippen LogP contribution in [0.25, 0.3) is 66.4 Å². The van der Waals surface area contributed by atoms with E-state index in [0.29, 0.717) is 0 Å². The molecular weight excluding hydrogens is 872 g/mol. The lowest BCUT2D eigenvalue weighted by Gasteiger charge is -2.28. The van der Waals surface area contributed by atoms with E-state index in [1.54, 1.807) is 0 Å². The third kappa shape index (κ3) is 6.90. The van der Waals surface area contributed by atoms with Crippen LogP contribution in [0.2, 0.25) is 0 Å². The monoisotopic (exact) mass is 912 g/mol. The average Bonchev–Trinajstić information content (AvgIpc) is 3.76. The van der Waals surface area contributed by atoms with E-state index in [1.165, 1.54) is 66.3 Å². The standard InChI is InChI=1S/C57H42Br2N2/c1-38(54(59)17-11-35-58)39-19-26-46(27-20-39)61-55-18-10-8-15-50(55)51-36-43(25-34-56(51)61)42-23-30-45(31-24-42)60(44-28-21-41(22-29-44)40-12-5-4-6-13-40)47-32-33-49-48-14-7-9-16-52(48)57(2,3)53(49)37-47/h4-37H,1H2,2-3H3/b35-11+,54-17+. The number of halogens is 2. The van der Waals surface area contributed by atoms with Gasteiger partial charge in [-0.05, 0) is 133 Å². The van der Waals surface area contributed by atoms with E-state index in [0.717, 1.165) is 38.4 Å². The van der Waals surface area contributed by atoms with E-state index in [-0.39, 0.29) is 5.41 Å². The molecule has 4 heteroatoms. The molecular formula is C57H42Br2N2. The molecule has 0 aliphatic heterocycles. The minimum Gasteiger partial charge on any atom is -0.310 e. The first kappa shape index (κ1) is 38.7. The summed E-state index contributed by atoms with van der Waals surface area (Å²) in [5.41, 5.74) is 18.8. The van der Waals surface area contributed by atoms with Crippen LogP contribution < -0.4 is 4.90 Å². The van der Waals surface area contributed by atoms with Crippen molar-refractivity contribution in [1.82, 2.24) is 4.57 Å². The topological polar surface area (TPSA) is 8.17 Å². The summed E-state index contributed by atoms with van der Waals surface area (Å²) in [7, 11) is 0. The molecule has 0 spiro atoms. The quantitative estimate of drug-likeness (QED) is 0.131. The Hall–Kier alpha value is -6.46. The highest BCUT2D eigenvalue weighted by Crippen LogP contribution is 2.51. The van der Waals surface area contributed by atoms with Crippen molar-refractivity contribution in [3.05, 3.63) is 233 Å². The van der Waals surface area contributed by atoms with E-state index in [1.807, 2.05) is 17.1 Å². The van der Waals surface area contributed by atoms with Gasteiger partial charge < -0.3 is 9.47 Å². The highest BCUT2D eigenvalue weighted by atomic mass is 79.9. The lowest BCUT2D eigenvalue weighted by molar-refractivity contribution is 0.660. The number of hydrogen-bond acceptors (Lipinski definition) is 1. The van der Waals surface area contributed by atoms with Crippen molar-refractivity contribution in [2.75, 3.05) is 4.90 Å². The van der Waals surface area contributed by atoms with Gasteiger partial charge in [0.15, 0.2) is 0 Å². The molecule has 9 aromatic rings. The highest BCUT2D eigenvalue weighted by molar-refractivity contribution is 9.12. The van der Waals surface area contributed by atoms with E-state index in [4.69, 9.17) is 0 Å². The van der Waals surface area contributed by atoms with Crippen molar-refractivity contribution in [3.63, 3.8) is 0 Å². The van der Waals surface area contributed by atoms with E-state index in [2.05, 4.69) is 250 Å². The van der Waals surface area contributed by atoms with Gasteiger partial charge in [0.25, 0.3) is 0 Å². The van der Waals surface area contributed by atoms with E-state index >= 15 is 0 Å². The Labute approximate surface area is 374 Å². The average molecular weight is 915 g/mol. The van der Waals surface area contributed by atoms with Gasteiger partial charge in [0.05, 0.1) is 11.0 Å². The fourth-order valence-electron chi connectivity index (χ4n) is 9.12. The molecule has 8 aromatic carbocycles. The van der Waals surface area contributed by atoms with Crippen molar-refractivity contribution in [2.45, 2.75) is 19.3 Å². The van der Waals surface area contributed by atoms with Crippen LogP contribution in [0.15, 0.2) is 216 Å². The maximum Gasteiger partial charge on any atom is 0.0541 e. The molecule has 0 amide bonds. The molecule has 0 unspecified atom stereocenters. The fraction of sp³-hybridized carbons (Fsp3) is 0.0526. The van der Waals surface area contributed by atoms with E-state index < -0.39 is 0 Å². The van der Waals surface area contributed by atoms with Gasteiger partial charge in [-0.3, -0.25) is 0 Å². The number of rotatable bonds is 9. The maximum absolute atomic E-state index is 4.32. The Balaban J connectivity index is 1.02. The van der Waals surface area contributed by atoms with Gasteiger partial charge in [-0.15, -0.1) is 0 Å². The zero-order chi connectivity index (χ0) is 41.7. The molecule has 1 heterocycles. The Morgan fingerprint density at radius 2 is 1.11 bits per heavy atom. The van der Waals surface area contributed by atoms with Crippen LogP contribution in [-0.4, -0.2) is 4.57 Å². The first-order chi connectivity index (χ1) is 29.8. The summed E-state index contributed by atoms with van der Waals surface area (Å²) in [5.74, 6) is 0. The first-order valence-electron chi connectivity index (χ1n) is 20.6. The van der Waals surface area contributed by atoms with E-state index in [9.17, 15) is 0 Å². The van der Waals surface area contributed by atoms with Gasteiger partial charge in [-0.2, -0.15) is 0 Å². The second-order valence-electron chi connectivity index (χ2n) is 16.1. The molecule has 10 rings (SSSR count). The maximum atomic E-state index is 4.32. The molecule has 0 radical (unpaired) electrons. The normalized spacial score (nSPS) is 13.1. The summed E-state index contributed by atoms with van der Waals surface area (Å²) in [5, 5.41) is 2.45. The van der Waals surface area contributed by atoms with Gasteiger partial charge >= 0.3 is 0 Å². The Morgan fingerprint density at radius 1 is 0.541 bits per heavy atom. The molecule has 2 nitrogen and oxygen atoms in total. The summed E-state index contributed by atoms with van der Waals surface area (Å²) in [6.45, 7) is 9.01. The Kier molecular flexibility index (Phi) is 10.1. The molecule has 294 valence electrons. The third-order valence-corrected chi connectivity index (χ3v) is 13.3. The second kappa shape index (κ2) is 15.9. The molecule has 1 aromatic heterocycles.